The lowest BCUT2D eigenvalue weighted by atomic mass is 10.0. The van der Waals surface area contributed by atoms with Gasteiger partial charge in [-0.15, -0.1) is 0 Å². The van der Waals surface area contributed by atoms with E-state index in [9.17, 15) is 9.18 Å². The van der Waals surface area contributed by atoms with E-state index in [2.05, 4.69) is 0 Å². The van der Waals surface area contributed by atoms with Crippen LogP contribution in [0, 0.1) is 5.82 Å². The van der Waals surface area contributed by atoms with Gasteiger partial charge < -0.3 is 4.42 Å². The van der Waals surface area contributed by atoms with Crippen LogP contribution in [-0.4, -0.2) is 0 Å². The lowest BCUT2D eigenvalue weighted by Gasteiger charge is -2.04. The van der Waals surface area contributed by atoms with Crippen molar-refractivity contribution in [1.82, 2.24) is 0 Å². The summed E-state index contributed by atoms with van der Waals surface area (Å²) in [6.07, 6.45) is 1.41. The predicted molar refractivity (Wildman–Crippen MR) is 56.5 cm³/mol. The Balaban J connectivity index is 2.80. The third-order valence-corrected chi connectivity index (χ3v) is 2.39. The van der Waals surface area contributed by atoms with Crippen molar-refractivity contribution in [2.24, 2.45) is 0 Å². The highest BCUT2D eigenvalue weighted by atomic mass is 19.1. The highest BCUT2D eigenvalue weighted by Crippen LogP contribution is 2.16. The zero-order valence-electron chi connectivity index (χ0n) is 8.58. The van der Waals surface area contributed by atoms with E-state index in [4.69, 9.17) is 4.42 Å². The molecule has 0 aliphatic heterocycles. The van der Waals surface area contributed by atoms with E-state index in [0.29, 0.717) is 16.5 Å². The molecule has 2 aromatic rings. The SMILES string of the molecule is CC(C)c1coc2cc(F)ccc2c1=O. The Morgan fingerprint density at radius 2 is 2.07 bits per heavy atom. The van der Waals surface area contributed by atoms with Crippen molar-refractivity contribution in [1.29, 1.82) is 0 Å². The second-order valence-corrected chi connectivity index (χ2v) is 3.82. The Hall–Kier alpha value is -1.64. The smallest absolute Gasteiger partial charge is 0.196 e. The molecule has 0 fully saturated rings. The standard InChI is InChI=1S/C12H11FO2/c1-7(2)10-6-15-11-5-8(13)3-4-9(11)12(10)14/h3-7H,1-2H3. The maximum atomic E-state index is 12.9. The van der Waals surface area contributed by atoms with Crippen molar-refractivity contribution >= 4 is 11.0 Å². The van der Waals surface area contributed by atoms with Gasteiger partial charge in [-0.2, -0.15) is 0 Å². The number of halogens is 1. The third kappa shape index (κ3) is 1.65. The van der Waals surface area contributed by atoms with Crippen molar-refractivity contribution < 1.29 is 8.81 Å². The van der Waals surface area contributed by atoms with Crippen LogP contribution in [-0.2, 0) is 0 Å². The van der Waals surface area contributed by atoms with E-state index in [-0.39, 0.29) is 11.3 Å². The summed E-state index contributed by atoms with van der Waals surface area (Å²) in [6, 6.07) is 3.95. The Kier molecular flexibility index (Phi) is 2.31. The molecule has 0 N–H and O–H groups in total. The summed E-state index contributed by atoms with van der Waals surface area (Å²) >= 11 is 0. The van der Waals surface area contributed by atoms with Gasteiger partial charge in [0.1, 0.15) is 11.4 Å². The molecular weight excluding hydrogens is 195 g/mol. The van der Waals surface area contributed by atoms with Crippen LogP contribution >= 0.6 is 0 Å². The van der Waals surface area contributed by atoms with Gasteiger partial charge in [0.2, 0.25) is 0 Å². The lowest BCUT2D eigenvalue weighted by Crippen LogP contribution is -2.09. The zero-order valence-corrected chi connectivity index (χ0v) is 8.58. The molecule has 0 amide bonds. The molecule has 1 aromatic heterocycles. The van der Waals surface area contributed by atoms with Crippen molar-refractivity contribution in [3.05, 3.63) is 46.1 Å². The van der Waals surface area contributed by atoms with Gasteiger partial charge in [0.25, 0.3) is 0 Å². The minimum atomic E-state index is -0.400. The molecule has 0 atom stereocenters. The molecule has 2 nitrogen and oxygen atoms in total. The first kappa shape index (κ1) is 9.90. The van der Waals surface area contributed by atoms with Crippen molar-refractivity contribution in [2.45, 2.75) is 19.8 Å². The predicted octanol–water partition coefficient (Wildman–Crippen LogP) is 3.06. The monoisotopic (exact) mass is 206 g/mol. The maximum Gasteiger partial charge on any atom is 0.196 e. The van der Waals surface area contributed by atoms with Gasteiger partial charge in [0.15, 0.2) is 5.43 Å². The third-order valence-electron chi connectivity index (χ3n) is 2.39. The van der Waals surface area contributed by atoms with Crippen LogP contribution in [0.5, 0.6) is 0 Å². The maximum absolute atomic E-state index is 12.9. The van der Waals surface area contributed by atoms with Crippen LogP contribution in [0.2, 0.25) is 0 Å². The summed E-state index contributed by atoms with van der Waals surface area (Å²) in [5.74, 6) is -0.293. The zero-order chi connectivity index (χ0) is 11.0. The molecule has 0 spiro atoms. The average Bonchev–Trinajstić information content (AvgIpc) is 2.17. The van der Waals surface area contributed by atoms with E-state index in [1.807, 2.05) is 13.8 Å². The van der Waals surface area contributed by atoms with Crippen LogP contribution in [0.4, 0.5) is 4.39 Å². The number of fused-ring (bicyclic) bond motifs is 1. The van der Waals surface area contributed by atoms with Crippen molar-refractivity contribution in [2.75, 3.05) is 0 Å². The van der Waals surface area contributed by atoms with Crippen LogP contribution in [0.1, 0.15) is 25.3 Å². The van der Waals surface area contributed by atoms with E-state index in [1.165, 1.54) is 24.5 Å². The first-order valence-electron chi connectivity index (χ1n) is 4.80. The molecule has 0 unspecified atom stereocenters. The van der Waals surface area contributed by atoms with Gasteiger partial charge in [-0.25, -0.2) is 4.39 Å². The molecule has 0 saturated carbocycles. The Bertz CT molecular complexity index is 555. The molecule has 0 saturated heterocycles. The van der Waals surface area contributed by atoms with E-state index < -0.39 is 5.82 Å². The summed E-state index contributed by atoms with van der Waals surface area (Å²) in [6.45, 7) is 3.84. The highest BCUT2D eigenvalue weighted by molar-refractivity contribution is 5.76. The molecule has 1 aromatic carbocycles. The fourth-order valence-electron chi connectivity index (χ4n) is 1.52. The highest BCUT2D eigenvalue weighted by Gasteiger charge is 2.10. The Morgan fingerprint density at radius 3 is 2.73 bits per heavy atom. The van der Waals surface area contributed by atoms with Gasteiger partial charge in [-0.1, -0.05) is 13.8 Å². The molecule has 0 bridgehead atoms. The van der Waals surface area contributed by atoms with Gasteiger partial charge in [-0.3, -0.25) is 4.79 Å². The van der Waals surface area contributed by atoms with E-state index >= 15 is 0 Å². The normalized spacial score (nSPS) is 11.2. The minimum absolute atomic E-state index is 0.0775. The van der Waals surface area contributed by atoms with E-state index in [1.54, 1.807) is 0 Å². The topological polar surface area (TPSA) is 30.2 Å². The van der Waals surface area contributed by atoms with Crippen molar-refractivity contribution in [3.63, 3.8) is 0 Å². The molecule has 0 radical (unpaired) electrons. The quantitative estimate of drug-likeness (QED) is 0.717. The molecule has 3 heteroatoms. The fourth-order valence-corrected chi connectivity index (χ4v) is 1.52. The molecule has 1 heterocycles. The molecule has 2 rings (SSSR count). The fraction of sp³-hybridized carbons (Fsp3) is 0.250. The second-order valence-electron chi connectivity index (χ2n) is 3.82. The first-order valence-corrected chi connectivity index (χ1v) is 4.80. The Labute approximate surface area is 86.3 Å². The summed E-state index contributed by atoms with van der Waals surface area (Å²) in [7, 11) is 0. The number of benzene rings is 1. The van der Waals surface area contributed by atoms with Crippen molar-refractivity contribution in [3.8, 4) is 0 Å². The number of hydrogen-bond donors (Lipinski definition) is 0. The summed E-state index contributed by atoms with van der Waals surface area (Å²) < 4.78 is 18.1. The second kappa shape index (κ2) is 3.50. The van der Waals surface area contributed by atoms with E-state index in [0.717, 1.165) is 0 Å². The molecule has 78 valence electrons. The molecule has 0 aliphatic rings. The van der Waals surface area contributed by atoms with Crippen LogP contribution < -0.4 is 5.43 Å². The molecular formula is C12H11FO2. The van der Waals surface area contributed by atoms with Gasteiger partial charge in [0.05, 0.1) is 11.6 Å². The summed E-state index contributed by atoms with van der Waals surface area (Å²) in [5.41, 5.74) is 0.838. The van der Waals surface area contributed by atoms with Crippen LogP contribution in [0.3, 0.4) is 0 Å². The minimum Gasteiger partial charge on any atom is -0.464 e. The summed E-state index contributed by atoms with van der Waals surface area (Å²) in [5, 5.41) is 0.433. The van der Waals surface area contributed by atoms with Crippen LogP contribution in [0.15, 0.2) is 33.7 Å². The Morgan fingerprint density at radius 1 is 1.33 bits per heavy atom. The number of hydrogen-bond acceptors (Lipinski definition) is 2. The van der Waals surface area contributed by atoms with Gasteiger partial charge >= 0.3 is 0 Å². The lowest BCUT2D eigenvalue weighted by molar-refractivity contribution is 0.576. The summed E-state index contributed by atoms with van der Waals surface area (Å²) in [4.78, 5) is 11.9. The van der Waals surface area contributed by atoms with Gasteiger partial charge in [-0.05, 0) is 18.1 Å². The number of rotatable bonds is 1. The molecule has 15 heavy (non-hydrogen) atoms. The molecule has 0 aliphatic carbocycles. The first-order chi connectivity index (χ1) is 7.09. The van der Waals surface area contributed by atoms with Gasteiger partial charge in [0, 0.05) is 11.6 Å². The largest absolute Gasteiger partial charge is 0.464 e. The van der Waals surface area contributed by atoms with Crippen LogP contribution in [0.25, 0.3) is 11.0 Å². The average molecular weight is 206 g/mol.